The average Bonchev–Trinajstić information content (AvgIpc) is 2.15. The van der Waals surface area contributed by atoms with E-state index < -0.39 is 0 Å². The largest absolute Gasteiger partial charge is 0.207 e. The molecule has 0 nitrogen and oxygen atoms in total. The normalized spacial score (nSPS) is 13.2. The van der Waals surface area contributed by atoms with Gasteiger partial charge in [0.05, 0.1) is 0 Å². The van der Waals surface area contributed by atoms with E-state index in [9.17, 15) is 4.39 Å². The second-order valence-electron chi connectivity index (χ2n) is 4.14. The minimum atomic E-state index is -0.251. The highest BCUT2D eigenvalue weighted by Crippen LogP contribution is 2.21. The first-order valence-electron chi connectivity index (χ1n) is 5.24. The van der Waals surface area contributed by atoms with Gasteiger partial charge >= 0.3 is 0 Å². The van der Waals surface area contributed by atoms with Gasteiger partial charge in [0.25, 0.3) is 0 Å². The van der Waals surface area contributed by atoms with Gasteiger partial charge in [-0.3, -0.25) is 0 Å². The van der Waals surface area contributed by atoms with Gasteiger partial charge in [0.15, 0.2) is 0 Å². The summed E-state index contributed by atoms with van der Waals surface area (Å²) in [6, 6.07) is 0. The molecule has 0 spiro atoms. The molecule has 0 aromatic rings. The van der Waals surface area contributed by atoms with E-state index in [1.54, 1.807) is 0 Å². The van der Waals surface area contributed by atoms with Crippen LogP contribution < -0.4 is 0 Å². The summed E-state index contributed by atoms with van der Waals surface area (Å²) in [6.45, 7) is 15.4. The van der Waals surface area contributed by atoms with Crippen molar-refractivity contribution in [1.29, 1.82) is 0 Å². The summed E-state index contributed by atoms with van der Waals surface area (Å²) in [5.74, 6) is -0.115. The summed E-state index contributed by atoms with van der Waals surface area (Å²) in [7, 11) is 0. The molecule has 0 unspecified atom stereocenters. The maximum atomic E-state index is 13.5. The molecule has 0 aromatic carbocycles. The van der Waals surface area contributed by atoms with Crippen LogP contribution in [0.4, 0.5) is 4.39 Å². The quantitative estimate of drug-likeness (QED) is 0.442. The molecular formula is C14H21F. The molecule has 0 saturated heterocycles. The van der Waals surface area contributed by atoms with Crippen molar-refractivity contribution in [2.75, 3.05) is 0 Å². The van der Waals surface area contributed by atoms with Gasteiger partial charge in [-0.05, 0) is 43.4 Å². The Morgan fingerprint density at radius 1 is 1.33 bits per heavy atom. The summed E-state index contributed by atoms with van der Waals surface area (Å²) in [6.07, 6.45) is 4.21. The van der Waals surface area contributed by atoms with E-state index in [2.05, 4.69) is 13.2 Å². The molecule has 0 heterocycles. The van der Waals surface area contributed by atoms with Crippen LogP contribution in [-0.2, 0) is 0 Å². The zero-order chi connectivity index (χ0) is 12.0. The van der Waals surface area contributed by atoms with Crippen LogP contribution in [0.3, 0.4) is 0 Å². The van der Waals surface area contributed by atoms with E-state index in [1.165, 1.54) is 11.6 Å². The molecule has 84 valence electrons. The molecule has 0 saturated carbocycles. The van der Waals surface area contributed by atoms with Crippen LogP contribution >= 0.6 is 0 Å². The fourth-order valence-corrected chi connectivity index (χ4v) is 1.06. The molecule has 0 radical (unpaired) electrons. The molecule has 0 N–H and O–H groups in total. The number of rotatable bonds is 5. The van der Waals surface area contributed by atoms with Crippen LogP contribution in [0, 0.1) is 5.92 Å². The first-order valence-corrected chi connectivity index (χ1v) is 5.24. The number of allylic oxidation sites excluding steroid dienone is 6. The van der Waals surface area contributed by atoms with Gasteiger partial charge in [-0.25, -0.2) is 4.39 Å². The third-order valence-corrected chi connectivity index (χ3v) is 2.33. The van der Waals surface area contributed by atoms with Crippen LogP contribution in [0.25, 0.3) is 0 Å². The van der Waals surface area contributed by atoms with Gasteiger partial charge in [-0.15, -0.1) is 0 Å². The fraction of sp³-hybridized carbons (Fsp3) is 0.429. The summed E-state index contributed by atoms with van der Waals surface area (Å²) in [5, 5.41) is 0. The molecule has 0 fully saturated rings. The number of hydrogen-bond donors (Lipinski definition) is 0. The monoisotopic (exact) mass is 208 g/mol. The Kier molecular flexibility index (Phi) is 5.92. The molecular weight excluding hydrogens is 187 g/mol. The van der Waals surface area contributed by atoms with Gasteiger partial charge in [0.1, 0.15) is 5.83 Å². The Balaban J connectivity index is 4.50. The minimum Gasteiger partial charge on any atom is -0.207 e. The van der Waals surface area contributed by atoms with Crippen molar-refractivity contribution in [2.45, 2.75) is 34.1 Å². The Labute approximate surface area is 92.9 Å². The Morgan fingerprint density at radius 2 is 1.87 bits per heavy atom. The van der Waals surface area contributed by atoms with Crippen molar-refractivity contribution in [2.24, 2.45) is 5.92 Å². The van der Waals surface area contributed by atoms with Crippen molar-refractivity contribution in [3.63, 3.8) is 0 Å². The Morgan fingerprint density at radius 3 is 2.27 bits per heavy atom. The molecule has 0 aliphatic carbocycles. The maximum absolute atomic E-state index is 13.5. The molecule has 0 aliphatic rings. The SMILES string of the molecule is C=C(/C=C(/F)C(=C)C(C)C)C/C(C)=C/C. The Bertz CT molecular complexity index is 303. The first-order chi connectivity index (χ1) is 6.88. The van der Waals surface area contributed by atoms with Gasteiger partial charge in [-0.1, -0.05) is 38.7 Å². The highest BCUT2D eigenvalue weighted by molar-refractivity contribution is 5.32. The van der Waals surface area contributed by atoms with E-state index in [0.29, 0.717) is 5.57 Å². The van der Waals surface area contributed by atoms with Crippen LogP contribution in [0.15, 0.2) is 47.9 Å². The minimum absolute atomic E-state index is 0.136. The van der Waals surface area contributed by atoms with E-state index in [0.717, 1.165) is 12.0 Å². The van der Waals surface area contributed by atoms with Crippen LogP contribution in [-0.4, -0.2) is 0 Å². The van der Waals surface area contributed by atoms with Crippen molar-refractivity contribution >= 4 is 0 Å². The van der Waals surface area contributed by atoms with Crippen LogP contribution in [0.5, 0.6) is 0 Å². The zero-order valence-corrected chi connectivity index (χ0v) is 10.2. The van der Waals surface area contributed by atoms with Gasteiger partial charge in [0, 0.05) is 0 Å². The highest BCUT2D eigenvalue weighted by Gasteiger charge is 2.06. The predicted molar refractivity (Wildman–Crippen MR) is 66.4 cm³/mol. The molecule has 0 bridgehead atoms. The molecule has 0 atom stereocenters. The van der Waals surface area contributed by atoms with Crippen molar-refractivity contribution < 1.29 is 4.39 Å². The second kappa shape index (κ2) is 6.39. The summed E-state index contributed by atoms with van der Waals surface area (Å²) in [4.78, 5) is 0. The van der Waals surface area contributed by atoms with Crippen molar-refractivity contribution in [3.05, 3.63) is 47.9 Å². The lowest BCUT2D eigenvalue weighted by Crippen LogP contribution is -1.93. The lowest BCUT2D eigenvalue weighted by atomic mass is 10.0. The first kappa shape index (κ1) is 13.9. The number of halogens is 1. The number of hydrogen-bond acceptors (Lipinski definition) is 0. The molecule has 15 heavy (non-hydrogen) atoms. The van der Waals surface area contributed by atoms with Crippen molar-refractivity contribution in [3.8, 4) is 0 Å². The average molecular weight is 208 g/mol. The smallest absolute Gasteiger partial charge is 0.126 e. The fourth-order valence-electron chi connectivity index (χ4n) is 1.06. The van der Waals surface area contributed by atoms with Crippen molar-refractivity contribution in [1.82, 2.24) is 0 Å². The third kappa shape index (κ3) is 5.36. The molecule has 0 aromatic heterocycles. The predicted octanol–water partition coefficient (Wildman–Crippen LogP) is 4.96. The van der Waals surface area contributed by atoms with Crippen LogP contribution in [0.1, 0.15) is 34.1 Å². The van der Waals surface area contributed by atoms with Gasteiger partial charge < -0.3 is 0 Å². The van der Waals surface area contributed by atoms with E-state index in [4.69, 9.17) is 0 Å². The van der Waals surface area contributed by atoms with E-state index in [-0.39, 0.29) is 11.7 Å². The van der Waals surface area contributed by atoms with E-state index in [1.807, 2.05) is 33.8 Å². The maximum Gasteiger partial charge on any atom is 0.126 e. The molecule has 1 heteroatoms. The third-order valence-electron chi connectivity index (χ3n) is 2.33. The summed E-state index contributed by atoms with van der Waals surface area (Å²) < 4.78 is 13.5. The zero-order valence-electron chi connectivity index (χ0n) is 10.2. The highest BCUT2D eigenvalue weighted by atomic mass is 19.1. The standard InChI is InChI=1S/C14H21F/c1-7-11(4)8-12(5)9-14(15)13(6)10(2)3/h7,9-10H,5-6,8H2,1-4H3/b11-7+,14-9+. The molecule has 0 aliphatic heterocycles. The lowest BCUT2D eigenvalue weighted by Gasteiger charge is -2.07. The van der Waals surface area contributed by atoms with Crippen LogP contribution in [0.2, 0.25) is 0 Å². The van der Waals surface area contributed by atoms with Gasteiger partial charge in [0.2, 0.25) is 0 Å². The van der Waals surface area contributed by atoms with Gasteiger partial charge in [-0.2, -0.15) is 0 Å². The second-order valence-corrected chi connectivity index (χ2v) is 4.14. The summed E-state index contributed by atoms with van der Waals surface area (Å²) in [5.41, 5.74) is 2.51. The Hall–Kier alpha value is -1.11. The van der Waals surface area contributed by atoms with E-state index >= 15 is 0 Å². The topological polar surface area (TPSA) is 0 Å². The summed E-state index contributed by atoms with van der Waals surface area (Å²) >= 11 is 0. The molecule has 0 amide bonds. The lowest BCUT2D eigenvalue weighted by molar-refractivity contribution is 0.609. The molecule has 0 rings (SSSR count).